The molecule has 3 nitrogen and oxygen atoms in total. The zero-order chi connectivity index (χ0) is 22.0. The fraction of sp³-hybridized carbons (Fsp3) is 0.167. The minimum atomic E-state index is -4.46. The standard InChI is InChI=1S/C24H18F3NO2S/c1-2-30-23(29)17-8-3-6-15(12-17)20-10-4-7-16-13-19(31-22(16)20)14-18-9-5-11-21(28-18)24(25,26)27/h3-13H,2,14H2,1H3. The van der Waals surface area contributed by atoms with Crippen LogP contribution in [0.4, 0.5) is 13.2 Å². The minimum absolute atomic E-state index is 0.302. The van der Waals surface area contributed by atoms with Gasteiger partial charge in [-0.2, -0.15) is 13.2 Å². The largest absolute Gasteiger partial charge is 0.462 e. The van der Waals surface area contributed by atoms with Gasteiger partial charge in [0.1, 0.15) is 5.69 Å². The van der Waals surface area contributed by atoms with Gasteiger partial charge in [0, 0.05) is 21.7 Å². The lowest BCUT2D eigenvalue weighted by atomic mass is 10.0. The third-order valence-electron chi connectivity index (χ3n) is 4.73. The normalized spacial score (nSPS) is 11.6. The maximum absolute atomic E-state index is 13.0. The van der Waals surface area contributed by atoms with Crippen molar-refractivity contribution in [2.24, 2.45) is 0 Å². The smallest absolute Gasteiger partial charge is 0.433 e. The third kappa shape index (κ3) is 4.61. The highest BCUT2D eigenvalue weighted by Crippen LogP contribution is 2.36. The molecule has 31 heavy (non-hydrogen) atoms. The summed E-state index contributed by atoms with van der Waals surface area (Å²) in [6.07, 6.45) is -4.15. The lowest BCUT2D eigenvalue weighted by molar-refractivity contribution is -0.141. The zero-order valence-corrected chi connectivity index (χ0v) is 17.4. The van der Waals surface area contributed by atoms with Crippen LogP contribution in [0.1, 0.15) is 33.5 Å². The predicted molar refractivity (Wildman–Crippen MR) is 115 cm³/mol. The molecule has 0 radical (unpaired) electrons. The molecule has 0 aliphatic rings. The molecule has 0 unspecified atom stereocenters. The molecule has 158 valence electrons. The number of hydrogen-bond donors (Lipinski definition) is 0. The molecule has 0 spiro atoms. The minimum Gasteiger partial charge on any atom is -0.462 e. The topological polar surface area (TPSA) is 39.2 Å². The first-order chi connectivity index (χ1) is 14.8. The Kier molecular flexibility index (Phi) is 5.78. The monoisotopic (exact) mass is 441 g/mol. The lowest BCUT2D eigenvalue weighted by Gasteiger charge is -2.07. The number of carbonyl (C=O) groups is 1. The molecule has 2 heterocycles. The highest BCUT2D eigenvalue weighted by Gasteiger charge is 2.32. The number of benzene rings is 2. The summed E-state index contributed by atoms with van der Waals surface area (Å²) in [5.41, 5.74) is 1.79. The van der Waals surface area contributed by atoms with E-state index in [0.717, 1.165) is 32.2 Å². The number of alkyl halides is 3. The Hall–Kier alpha value is -3.19. The maximum atomic E-state index is 13.0. The number of aromatic nitrogens is 1. The molecule has 0 atom stereocenters. The van der Waals surface area contributed by atoms with Gasteiger partial charge in [-0.25, -0.2) is 9.78 Å². The number of ether oxygens (including phenoxy) is 1. The van der Waals surface area contributed by atoms with Gasteiger partial charge in [-0.15, -0.1) is 11.3 Å². The quantitative estimate of drug-likeness (QED) is 0.322. The number of nitrogens with zero attached hydrogens (tertiary/aromatic N) is 1. The number of esters is 1. The Morgan fingerprint density at radius 2 is 1.81 bits per heavy atom. The number of hydrogen-bond acceptors (Lipinski definition) is 4. The summed E-state index contributed by atoms with van der Waals surface area (Å²) >= 11 is 1.51. The summed E-state index contributed by atoms with van der Waals surface area (Å²) in [7, 11) is 0. The second kappa shape index (κ2) is 8.51. The summed E-state index contributed by atoms with van der Waals surface area (Å²) < 4.78 is 45.0. The first kappa shape index (κ1) is 21.1. The van der Waals surface area contributed by atoms with Crippen molar-refractivity contribution < 1.29 is 22.7 Å². The number of pyridine rings is 1. The van der Waals surface area contributed by atoms with Crippen LogP contribution in [0.2, 0.25) is 0 Å². The molecule has 2 aromatic heterocycles. The summed E-state index contributed by atoms with van der Waals surface area (Å²) in [4.78, 5) is 16.8. The average molecular weight is 441 g/mol. The molecule has 0 N–H and O–H groups in total. The van der Waals surface area contributed by atoms with E-state index < -0.39 is 11.9 Å². The van der Waals surface area contributed by atoms with Gasteiger partial charge in [0.05, 0.1) is 12.2 Å². The van der Waals surface area contributed by atoms with Crippen LogP contribution in [0, 0.1) is 0 Å². The van der Waals surface area contributed by atoms with Crippen LogP contribution in [-0.4, -0.2) is 17.6 Å². The van der Waals surface area contributed by atoms with E-state index in [4.69, 9.17) is 4.74 Å². The van der Waals surface area contributed by atoms with Gasteiger partial charge in [0.25, 0.3) is 0 Å². The van der Waals surface area contributed by atoms with E-state index in [2.05, 4.69) is 4.98 Å². The predicted octanol–water partition coefficient (Wildman–Crippen LogP) is 6.75. The summed E-state index contributed by atoms with van der Waals surface area (Å²) in [5, 5.41) is 0.992. The Bertz CT molecular complexity index is 1250. The van der Waals surface area contributed by atoms with Gasteiger partial charge in [0.2, 0.25) is 0 Å². The fourth-order valence-electron chi connectivity index (χ4n) is 3.37. The van der Waals surface area contributed by atoms with E-state index in [1.165, 1.54) is 17.4 Å². The molecular weight excluding hydrogens is 423 g/mol. The molecule has 0 fully saturated rings. The molecular formula is C24H18F3NO2S. The van der Waals surface area contributed by atoms with Crippen molar-refractivity contribution >= 4 is 27.4 Å². The molecule has 0 bridgehead atoms. The fourth-order valence-corrected chi connectivity index (χ4v) is 4.58. The van der Waals surface area contributed by atoms with E-state index in [9.17, 15) is 18.0 Å². The van der Waals surface area contributed by atoms with Gasteiger partial charge in [-0.1, -0.05) is 36.4 Å². The number of halogens is 3. The molecule has 0 saturated carbocycles. The molecule has 4 aromatic rings. The van der Waals surface area contributed by atoms with Gasteiger partial charge in [-0.3, -0.25) is 0 Å². The number of rotatable bonds is 5. The van der Waals surface area contributed by atoms with Crippen LogP contribution in [0.3, 0.4) is 0 Å². The van der Waals surface area contributed by atoms with Crippen molar-refractivity contribution in [2.75, 3.05) is 6.61 Å². The van der Waals surface area contributed by atoms with E-state index in [1.54, 1.807) is 25.1 Å². The van der Waals surface area contributed by atoms with Crippen molar-refractivity contribution in [2.45, 2.75) is 19.5 Å². The van der Waals surface area contributed by atoms with E-state index in [0.29, 0.717) is 24.3 Å². The van der Waals surface area contributed by atoms with Gasteiger partial charge in [0.15, 0.2) is 0 Å². The van der Waals surface area contributed by atoms with Crippen molar-refractivity contribution in [1.29, 1.82) is 0 Å². The summed E-state index contributed by atoms with van der Waals surface area (Å²) in [6.45, 7) is 2.06. The van der Waals surface area contributed by atoms with Crippen molar-refractivity contribution in [3.05, 3.63) is 88.6 Å². The number of carbonyl (C=O) groups excluding carboxylic acids is 1. The number of fused-ring (bicyclic) bond motifs is 1. The van der Waals surface area contributed by atoms with Crippen molar-refractivity contribution in [1.82, 2.24) is 4.98 Å². The second-order valence-electron chi connectivity index (χ2n) is 6.93. The molecule has 0 amide bonds. The van der Waals surface area contributed by atoms with E-state index in [1.807, 2.05) is 36.4 Å². The average Bonchev–Trinajstić information content (AvgIpc) is 3.16. The van der Waals surface area contributed by atoms with E-state index >= 15 is 0 Å². The maximum Gasteiger partial charge on any atom is 0.433 e. The molecule has 0 saturated heterocycles. The molecule has 4 rings (SSSR count). The van der Waals surface area contributed by atoms with Gasteiger partial charge >= 0.3 is 12.1 Å². The van der Waals surface area contributed by atoms with Gasteiger partial charge in [-0.05, 0) is 53.8 Å². The summed E-state index contributed by atoms with van der Waals surface area (Å²) in [6, 6.07) is 19.0. The first-order valence-electron chi connectivity index (χ1n) is 9.67. The highest BCUT2D eigenvalue weighted by atomic mass is 32.1. The Labute approximate surface area is 181 Å². The van der Waals surface area contributed by atoms with E-state index in [-0.39, 0.29) is 5.97 Å². The Morgan fingerprint density at radius 3 is 2.58 bits per heavy atom. The Morgan fingerprint density at radius 1 is 1.03 bits per heavy atom. The first-order valence-corrected chi connectivity index (χ1v) is 10.5. The summed E-state index contributed by atoms with van der Waals surface area (Å²) in [5.74, 6) is -0.376. The molecule has 0 aliphatic carbocycles. The molecule has 2 aromatic carbocycles. The van der Waals surface area contributed by atoms with Crippen LogP contribution in [0.5, 0.6) is 0 Å². The van der Waals surface area contributed by atoms with Crippen molar-refractivity contribution in [3.8, 4) is 11.1 Å². The van der Waals surface area contributed by atoms with Crippen LogP contribution in [0.15, 0.2) is 66.7 Å². The SMILES string of the molecule is CCOC(=O)c1cccc(-c2cccc3cc(Cc4cccc(C(F)(F)F)n4)sc23)c1. The molecule has 7 heteroatoms. The van der Waals surface area contributed by atoms with Crippen LogP contribution < -0.4 is 0 Å². The van der Waals surface area contributed by atoms with Gasteiger partial charge < -0.3 is 4.74 Å². The highest BCUT2D eigenvalue weighted by molar-refractivity contribution is 7.19. The molecule has 0 aliphatic heterocycles. The second-order valence-corrected chi connectivity index (χ2v) is 8.06. The Balaban J connectivity index is 1.69. The van der Waals surface area contributed by atoms with Crippen molar-refractivity contribution in [3.63, 3.8) is 0 Å². The zero-order valence-electron chi connectivity index (χ0n) is 16.6. The third-order valence-corrected chi connectivity index (χ3v) is 5.92. The van der Waals surface area contributed by atoms with Crippen LogP contribution >= 0.6 is 11.3 Å². The lowest BCUT2D eigenvalue weighted by Crippen LogP contribution is -2.09. The van der Waals surface area contributed by atoms with Crippen LogP contribution in [-0.2, 0) is 17.3 Å². The van der Waals surface area contributed by atoms with Crippen LogP contribution in [0.25, 0.3) is 21.2 Å². The number of thiophene rings is 1.